The van der Waals surface area contributed by atoms with E-state index in [2.05, 4.69) is 22.3 Å². The summed E-state index contributed by atoms with van der Waals surface area (Å²) in [6.07, 6.45) is -0.486. The van der Waals surface area contributed by atoms with Gasteiger partial charge in [-0.1, -0.05) is 30.3 Å². The molecule has 1 amide bonds. The van der Waals surface area contributed by atoms with Gasteiger partial charge in [-0.3, -0.25) is 9.69 Å². The van der Waals surface area contributed by atoms with Crippen molar-refractivity contribution >= 4 is 34.0 Å². The molecule has 4 heterocycles. The number of ether oxygens (including phenoxy) is 3. The van der Waals surface area contributed by atoms with Crippen molar-refractivity contribution in [1.82, 2.24) is 4.98 Å². The van der Waals surface area contributed by atoms with Gasteiger partial charge in [-0.25, -0.2) is 4.98 Å². The van der Waals surface area contributed by atoms with Crippen molar-refractivity contribution in [2.75, 3.05) is 54.6 Å². The molecule has 3 aliphatic heterocycles. The minimum Gasteiger partial charge on any atom is -0.486 e. The minimum atomic E-state index is -0.486. The van der Waals surface area contributed by atoms with Gasteiger partial charge in [0, 0.05) is 35.8 Å². The van der Waals surface area contributed by atoms with Gasteiger partial charge in [-0.2, -0.15) is 0 Å². The number of nitrogens with zero attached hydrogens (tertiary/aromatic N) is 3. The maximum absolute atomic E-state index is 14.1. The lowest BCUT2D eigenvalue weighted by Gasteiger charge is -2.40. The number of amides is 1. The van der Waals surface area contributed by atoms with Crippen LogP contribution in [-0.4, -0.2) is 50.4 Å². The van der Waals surface area contributed by atoms with Crippen molar-refractivity contribution in [3.8, 4) is 11.5 Å². The van der Waals surface area contributed by atoms with E-state index in [1.807, 2.05) is 60.7 Å². The molecule has 0 radical (unpaired) electrons. The number of carbonyl (C=O) groups excluding carboxylic acids is 1. The average molecular weight is 495 g/mol. The first kappa shape index (κ1) is 21.9. The Balaban J connectivity index is 1.42. The molecule has 8 nitrogen and oxygen atoms in total. The van der Waals surface area contributed by atoms with E-state index in [-0.39, 0.29) is 5.91 Å². The van der Waals surface area contributed by atoms with Crippen LogP contribution in [0.4, 0.5) is 17.2 Å². The van der Waals surface area contributed by atoms with E-state index in [1.165, 1.54) is 0 Å². The molecule has 8 heteroatoms. The molecule has 186 valence electrons. The highest BCUT2D eigenvalue weighted by Crippen LogP contribution is 2.43. The predicted molar refractivity (Wildman–Crippen MR) is 142 cm³/mol. The zero-order valence-electron chi connectivity index (χ0n) is 20.2. The van der Waals surface area contributed by atoms with Gasteiger partial charge in [0.05, 0.1) is 30.0 Å². The van der Waals surface area contributed by atoms with Gasteiger partial charge in [0.25, 0.3) is 5.91 Å². The van der Waals surface area contributed by atoms with E-state index in [0.717, 1.165) is 46.7 Å². The summed E-state index contributed by atoms with van der Waals surface area (Å²) in [6.45, 7) is 3.74. The molecule has 0 saturated carbocycles. The van der Waals surface area contributed by atoms with Crippen molar-refractivity contribution in [3.63, 3.8) is 0 Å². The molecule has 1 N–H and O–H groups in total. The molecule has 4 aromatic rings. The highest BCUT2D eigenvalue weighted by molar-refractivity contribution is 6.12. The van der Waals surface area contributed by atoms with Gasteiger partial charge in [0.15, 0.2) is 11.5 Å². The molecule has 0 spiro atoms. The Morgan fingerprint density at radius 3 is 2.51 bits per heavy atom. The number of anilines is 3. The maximum atomic E-state index is 14.1. The molecule has 0 aliphatic carbocycles. The van der Waals surface area contributed by atoms with Gasteiger partial charge in [0.2, 0.25) is 0 Å². The van der Waals surface area contributed by atoms with E-state index >= 15 is 0 Å². The summed E-state index contributed by atoms with van der Waals surface area (Å²) in [4.78, 5) is 23.2. The molecular formula is C29H26N4O4. The maximum Gasteiger partial charge on any atom is 0.262 e. The first-order valence-corrected chi connectivity index (χ1v) is 12.6. The largest absolute Gasteiger partial charge is 0.486 e. The van der Waals surface area contributed by atoms with Crippen LogP contribution in [0.25, 0.3) is 10.9 Å². The second-order valence-electron chi connectivity index (χ2n) is 9.29. The smallest absolute Gasteiger partial charge is 0.262 e. The topological polar surface area (TPSA) is 76.2 Å². The molecular weight excluding hydrogens is 468 g/mol. The first-order valence-electron chi connectivity index (χ1n) is 12.6. The van der Waals surface area contributed by atoms with Gasteiger partial charge < -0.3 is 24.4 Å². The summed E-state index contributed by atoms with van der Waals surface area (Å²) in [6, 6.07) is 23.5. The van der Waals surface area contributed by atoms with E-state index in [9.17, 15) is 4.79 Å². The lowest BCUT2D eigenvalue weighted by molar-refractivity contribution is 0.0974. The minimum absolute atomic E-state index is 0.0860. The predicted octanol–water partition coefficient (Wildman–Crippen LogP) is 4.61. The van der Waals surface area contributed by atoms with Gasteiger partial charge in [-0.05, 0) is 36.4 Å². The van der Waals surface area contributed by atoms with Crippen molar-refractivity contribution in [2.45, 2.75) is 6.17 Å². The second-order valence-corrected chi connectivity index (χ2v) is 9.29. The zero-order chi connectivity index (χ0) is 24.8. The number of pyridine rings is 1. The highest BCUT2D eigenvalue weighted by Gasteiger charge is 2.37. The zero-order valence-corrected chi connectivity index (χ0v) is 20.2. The SMILES string of the molecule is O=C1c2ccccc2N[C@@H](c2cc3ccccc3nc2N2CCOCC2)N1c1ccc2c(c1)OCCO2. The number of aromatic nitrogens is 1. The van der Waals surface area contributed by atoms with Crippen LogP contribution in [0.2, 0.25) is 0 Å². The molecule has 1 fully saturated rings. The number of morpholine rings is 1. The van der Waals surface area contributed by atoms with Crippen LogP contribution in [0, 0.1) is 0 Å². The Hall–Kier alpha value is -4.30. The molecule has 37 heavy (non-hydrogen) atoms. The fourth-order valence-electron chi connectivity index (χ4n) is 5.27. The van der Waals surface area contributed by atoms with Crippen LogP contribution in [0.3, 0.4) is 0 Å². The van der Waals surface area contributed by atoms with Crippen LogP contribution < -0.4 is 24.6 Å². The number of nitrogens with one attached hydrogen (secondary N) is 1. The lowest BCUT2D eigenvalue weighted by Crippen LogP contribution is -2.45. The lowest BCUT2D eigenvalue weighted by atomic mass is 10.0. The van der Waals surface area contributed by atoms with E-state index in [0.29, 0.717) is 43.5 Å². The molecule has 3 aliphatic rings. The summed E-state index contributed by atoms with van der Waals surface area (Å²) in [7, 11) is 0. The number of hydrogen-bond donors (Lipinski definition) is 1. The summed E-state index contributed by atoms with van der Waals surface area (Å²) < 4.78 is 17.2. The first-order chi connectivity index (χ1) is 18.3. The highest BCUT2D eigenvalue weighted by atomic mass is 16.6. The van der Waals surface area contributed by atoms with Crippen molar-refractivity contribution in [1.29, 1.82) is 0 Å². The summed E-state index contributed by atoms with van der Waals surface area (Å²) in [5.74, 6) is 2.09. The molecule has 7 rings (SSSR count). The number of rotatable bonds is 3. The van der Waals surface area contributed by atoms with Gasteiger partial charge in [-0.15, -0.1) is 0 Å². The molecule has 1 aromatic heterocycles. The Morgan fingerprint density at radius 1 is 0.838 bits per heavy atom. The summed E-state index contributed by atoms with van der Waals surface area (Å²) in [5, 5.41) is 4.67. The number of para-hydroxylation sites is 2. The third-order valence-corrected chi connectivity index (χ3v) is 7.07. The number of fused-ring (bicyclic) bond motifs is 3. The third-order valence-electron chi connectivity index (χ3n) is 7.07. The fourth-order valence-corrected chi connectivity index (χ4v) is 5.27. The number of carbonyl (C=O) groups is 1. The van der Waals surface area contributed by atoms with Crippen molar-refractivity contribution in [2.24, 2.45) is 0 Å². The molecule has 0 bridgehead atoms. The van der Waals surface area contributed by atoms with Crippen LogP contribution >= 0.6 is 0 Å². The van der Waals surface area contributed by atoms with Crippen LogP contribution in [0.1, 0.15) is 22.1 Å². The quantitative estimate of drug-likeness (QED) is 0.446. The number of hydrogen-bond acceptors (Lipinski definition) is 7. The fraction of sp³-hybridized carbons (Fsp3) is 0.241. The van der Waals surface area contributed by atoms with Gasteiger partial charge >= 0.3 is 0 Å². The normalized spacial score (nSPS) is 18.9. The van der Waals surface area contributed by atoms with E-state index in [4.69, 9.17) is 19.2 Å². The molecule has 0 unspecified atom stereocenters. The molecule has 3 aromatic carbocycles. The summed E-state index contributed by atoms with van der Waals surface area (Å²) in [5.41, 5.74) is 3.99. The van der Waals surface area contributed by atoms with Crippen molar-refractivity contribution in [3.05, 3.63) is 83.9 Å². The summed E-state index contributed by atoms with van der Waals surface area (Å²) >= 11 is 0. The standard InChI is InChI=1S/C29H26N4O4/c34-29-21-6-2-4-8-24(21)31-28(33(29)20-9-10-25-26(18-20)37-16-15-36-25)22-17-19-5-1-3-7-23(19)30-27(22)32-11-13-35-14-12-32/h1-10,17-18,28,31H,11-16H2/t28-/m1/s1. The Bertz CT molecular complexity index is 1500. The monoisotopic (exact) mass is 494 g/mol. The van der Waals surface area contributed by atoms with Gasteiger partial charge in [0.1, 0.15) is 25.2 Å². The second kappa shape index (κ2) is 8.97. The Kier molecular flexibility index (Phi) is 5.32. The third kappa shape index (κ3) is 3.81. The molecule has 1 atom stereocenters. The Labute approximate surface area is 214 Å². The van der Waals surface area contributed by atoms with Crippen LogP contribution in [0.5, 0.6) is 11.5 Å². The van der Waals surface area contributed by atoms with Crippen LogP contribution in [-0.2, 0) is 4.74 Å². The van der Waals surface area contributed by atoms with Crippen molar-refractivity contribution < 1.29 is 19.0 Å². The average Bonchev–Trinajstić information content (AvgIpc) is 2.96. The molecule has 1 saturated heterocycles. The van der Waals surface area contributed by atoms with E-state index in [1.54, 1.807) is 4.90 Å². The number of benzene rings is 3. The van der Waals surface area contributed by atoms with E-state index < -0.39 is 6.17 Å². The van der Waals surface area contributed by atoms with Crippen LogP contribution in [0.15, 0.2) is 72.8 Å². The Morgan fingerprint density at radius 2 is 1.62 bits per heavy atom.